The highest BCUT2D eigenvalue weighted by atomic mass is 32.2. The number of hydrogen-bond donors (Lipinski definition) is 2. The molecule has 0 aliphatic carbocycles. The van der Waals surface area contributed by atoms with Gasteiger partial charge in [-0.25, -0.2) is 4.68 Å². The zero-order valence-corrected chi connectivity index (χ0v) is 24.4. The molecule has 2 heterocycles. The first-order chi connectivity index (χ1) is 19.3. The Bertz CT molecular complexity index is 1560. The van der Waals surface area contributed by atoms with Crippen LogP contribution in [-0.4, -0.2) is 26.4 Å². The van der Waals surface area contributed by atoms with Gasteiger partial charge in [0.1, 0.15) is 18.4 Å². The lowest BCUT2D eigenvalue weighted by molar-refractivity contribution is -0.113. The molecule has 0 saturated carbocycles. The van der Waals surface area contributed by atoms with E-state index in [9.17, 15) is 4.79 Å². The van der Waals surface area contributed by atoms with Gasteiger partial charge in [-0.05, 0) is 69.0 Å². The highest BCUT2D eigenvalue weighted by Gasteiger charge is 2.34. The molecule has 1 aromatic heterocycles. The van der Waals surface area contributed by atoms with Gasteiger partial charge < -0.3 is 15.4 Å². The van der Waals surface area contributed by atoms with Crippen LogP contribution in [0.2, 0.25) is 0 Å². The summed E-state index contributed by atoms with van der Waals surface area (Å²) in [5.74, 6) is 2.08. The molecule has 4 aromatic rings. The zero-order valence-electron chi connectivity index (χ0n) is 23.6. The molecule has 1 amide bonds. The van der Waals surface area contributed by atoms with Crippen LogP contribution in [0.25, 0.3) is 0 Å². The number of allylic oxidation sites excluding steroid dienone is 1. The van der Waals surface area contributed by atoms with Gasteiger partial charge >= 0.3 is 0 Å². The number of aromatic nitrogens is 3. The summed E-state index contributed by atoms with van der Waals surface area (Å²) in [5.41, 5.74) is 7.47. The fourth-order valence-electron chi connectivity index (χ4n) is 4.76. The molecule has 0 spiro atoms. The van der Waals surface area contributed by atoms with E-state index in [2.05, 4.69) is 54.8 Å². The normalized spacial score (nSPS) is 14.5. The Morgan fingerprint density at radius 3 is 2.55 bits per heavy atom. The fourth-order valence-corrected chi connectivity index (χ4v) is 5.44. The average Bonchev–Trinajstić information content (AvgIpc) is 3.34. The number of fused-ring (bicyclic) bond motifs is 1. The van der Waals surface area contributed by atoms with Gasteiger partial charge in [0, 0.05) is 17.1 Å². The summed E-state index contributed by atoms with van der Waals surface area (Å²) in [5, 5.41) is 12.0. The molecular formula is C32H35N5O2S. The summed E-state index contributed by atoms with van der Waals surface area (Å²) in [4.78, 5) is 18.6. The third-order valence-corrected chi connectivity index (χ3v) is 7.89. The van der Waals surface area contributed by atoms with Crippen molar-refractivity contribution in [2.45, 2.75) is 58.8 Å². The van der Waals surface area contributed by atoms with Crippen molar-refractivity contribution in [3.05, 3.63) is 106 Å². The molecule has 1 aliphatic rings. The fraction of sp³-hybridized carbons (Fsp3) is 0.281. The molecule has 0 saturated heterocycles. The summed E-state index contributed by atoms with van der Waals surface area (Å²) in [6.45, 7) is 10.6. The quantitative estimate of drug-likeness (QED) is 0.213. The Morgan fingerprint density at radius 1 is 1.02 bits per heavy atom. The molecule has 5 rings (SSSR count). The monoisotopic (exact) mass is 553 g/mol. The van der Waals surface area contributed by atoms with E-state index in [4.69, 9.17) is 14.8 Å². The summed E-state index contributed by atoms with van der Waals surface area (Å²) < 4.78 is 7.99. The highest BCUT2D eigenvalue weighted by molar-refractivity contribution is 7.99. The predicted molar refractivity (Wildman–Crippen MR) is 162 cm³/mol. The predicted octanol–water partition coefficient (Wildman–Crippen LogP) is 7.21. The number of amides is 1. The number of nitrogens with one attached hydrogen (secondary N) is 2. The smallest absolute Gasteiger partial charge is 0.255 e. The minimum absolute atomic E-state index is 0.183. The zero-order chi connectivity index (χ0) is 28.2. The van der Waals surface area contributed by atoms with Gasteiger partial charge in [-0.2, -0.15) is 4.98 Å². The number of ether oxygens (including phenoxy) is 1. The van der Waals surface area contributed by atoms with Crippen molar-refractivity contribution in [1.29, 1.82) is 0 Å². The van der Waals surface area contributed by atoms with E-state index in [0.717, 1.165) is 51.6 Å². The van der Waals surface area contributed by atoms with E-state index in [1.54, 1.807) is 11.8 Å². The van der Waals surface area contributed by atoms with Crippen molar-refractivity contribution in [3.8, 4) is 5.75 Å². The third-order valence-electron chi connectivity index (χ3n) is 6.84. The number of carbonyl (C=O) groups excluding carboxylic acids is 1. The van der Waals surface area contributed by atoms with Gasteiger partial charge in [0.15, 0.2) is 0 Å². The number of benzene rings is 3. The second-order valence-electron chi connectivity index (χ2n) is 10.2. The number of hydrogen-bond acceptors (Lipinski definition) is 6. The van der Waals surface area contributed by atoms with Crippen molar-refractivity contribution < 1.29 is 9.53 Å². The van der Waals surface area contributed by atoms with E-state index in [0.29, 0.717) is 23.3 Å². The van der Waals surface area contributed by atoms with Crippen molar-refractivity contribution in [2.75, 3.05) is 16.4 Å². The van der Waals surface area contributed by atoms with E-state index in [1.807, 2.05) is 61.9 Å². The van der Waals surface area contributed by atoms with Gasteiger partial charge in [-0.3, -0.25) is 4.79 Å². The third kappa shape index (κ3) is 6.07. The number of nitrogens with zero attached hydrogens (tertiary/aromatic N) is 3. The van der Waals surface area contributed by atoms with Crippen LogP contribution in [0.15, 0.2) is 83.2 Å². The number of carbonyl (C=O) groups is 1. The number of aryl methyl sites for hydroxylation is 3. The first-order valence-corrected chi connectivity index (χ1v) is 14.5. The maximum Gasteiger partial charge on any atom is 0.255 e. The first-order valence-electron chi connectivity index (χ1n) is 13.6. The maximum atomic E-state index is 13.9. The van der Waals surface area contributed by atoms with Crippen LogP contribution in [-0.2, 0) is 11.4 Å². The molecule has 40 heavy (non-hydrogen) atoms. The van der Waals surface area contributed by atoms with Gasteiger partial charge in [0.2, 0.25) is 11.1 Å². The molecule has 0 fully saturated rings. The van der Waals surface area contributed by atoms with Crippen LogP contribution in [0.4, 0.5) is 11.6 Å². The molecule has 7 nitrogen and oxygen atoms in total. The van der Waals surface area contributed by atoms with Crippen molar-refractivity contribution >= 4 is 29.3 Å². The Balaban J connectivity index is 1.50. The molecule has 0 bridgehead atoms. The van der Waals surface area contributed by atoms with Gasteiger partial charge in [-0.1, -0.05) is 78.3 Å². The average molecular weight is 554 g/mol. The maximum absolute atomic E-state index is 13.9. The topological polar surface area (TPSA) is 81.1 Å². The Kier molecular flexibility index (Phi) is 8.26. The molecule has 3 aromatic carbocycles. The summed E-state index contributed by atoms with van der Waals surface area (Å²) >= 11 is 1.61. The van der Waals surface area contributed by atoms with Crippen LogP contribution < -0.4 is 15.4 Å². The molecule has 2 N–H and O–H groups in total. The highest BCUT2D eigenvalue weighted by Crippen LogP contribution is 2.38. The van der Waals surface area contributed by atoms with Crippen LogP contribution in [0, 0.1) is 20.8 Å². The van der Waals surface area contributed by atoms with Crippen LogP contribution in [0.1, 0.15) is 54.1 Å². The van der Waals surface area contributed by atoms with E-state index in [1.165, 1.54) is 5.56 Å². The second kappa shape index (κ2) is 12.0. The number of thioether (sulfide) groups is 1. The lowest BCUT2D eigenvalue weighted by Crippen LogP contribution is -2.31. The minimum Gasteiger partial charge on any atom is -0.489 e. The summed E-state index contributed by atoms with van der Waals surface area (Å²) in [6, 6.07) is 21.8. The largest absolute Gasteiger partial charge is 0.489 e. The minimum atomic E-state index is -0.478. The van der Waals surface area contributed by atoms with Crippen LogP contribution in [0.5, 0.6) is 5.75 Å². The Labute approximate surface area is 240 Å². The first kappa shape index (κ1) is 27.5. The number of rotatable bonds is 9. The summed E-state index contributed by atoms with van der Waals surface area (Å²) in [6.07, 6.45) is 1.02. The molecule has 8 heteroatoms. The molecular weight excluding hydrogens is 518 g/mol. The molecule has 1 aliphatic heterocycles. The molecule has 1 unspecified atom stereocenters. The van der Waals surface area contributed by atoms with Crippen molar-refractivity contribution in [1.82, 2.24) is 14.8 Å². The SMILES string of the molecule is CCCSc1nc2n(n1)C(c1cccc(OCc3ccc(C)cc3)c1)C(C(=O)Nc1ccc(C)cc1C)=C(C)N2. The standard InChI is InChI=1S/C32H35N5O2S/c1-6-16-40-32-35-31-33-23(5)28(30(38)34-27-15-12-21(3)17-22(27)4)29(37(31)36-32)25-8-7-9-26(18-25)39-19-24-13-10-20(2)11-14-24/h7-15,17-18,29H,6,16,19H2,1-5H3,(H,34,38)(H,33,35,36). The molecule has 0 radical (unpaired) electrons. The summed E-state index contributed by atoms with van der Waals surface area (Å²) in [7, 11) is 0. The lowest BCUT2D eigenvalue weighted by Gasteiger charge is -2.29. The number of anilines is 2. The van der Waals surface area contributed by atoms with E-state index in [-0.39, 0.29) is 5.91 Å². The van der Waals surface area contributed by atoms with Crippen molar-refractivity contribution in [3.63, 3.8) is 0 Å². The Morgan fingerprint density at radius 2 is 1.80 bits per heavy atom. The van der Waals surface area contributed by atoms with Gasteiger partial charge in [0.05, 0.1) is 5.57 Å². The van der Waals surface area contributed by atoms with Gasteiger partial charge in [-0.15, -0.1) is 5.10 Å². The van der Waals surface area contributed by atoms with Crippen LogP contribution >= 0.6 is 11.8 Å². The molecule has 206 valence electrons. The second-order valence-corrected chi connectivity index (χ2v) is 11.3. The van der Waals surface area contributed by atoms with E-state index < -0.39 is 6.04 Å². The molecule has 1 atom stereocenters. The Hall–Kier alpha value is -4.04. The lowest BCUT2D eigenvalue weighted by atomic mass is 9.94. The van der Waals surface area contributed by atoms with Gasteiger partial charge in [0.25, 0.3) is 5.91 Å². The van der Waals surface area contributed by atoms with Crippen molar-refractivity contribution in [2.24, 2.45) is 0 Å². The van der Waals surface area contributed by atoms with Crippen LogP contribution in [0.3, 0.4) is 0 Å². The van der Waals surface area contributed by atoms with E-state index >= 15 is 0 Å².